The summed E-state index contributed by atoms with van der Waals surface area (Å²) in [5.74, 6) is 0. The first-order chi connectivity index (χ1) is 9.15. The Morgan fingerprint density at radius 3 is 2.58 bits per heavy atom. The topological polar surface area (TPSA) is 52.2 Å². The van der Waals surface area contributed by atoms with Gasteiger partial charge in [0, 0.05) is 11.9 Å². The number of aryl methyl sites for hydroxylation is 1. The molecule has 0 amide bonds. The summed E-state index contributed by atoms with van der Waals surface area (Å²) >= 11 is 5.18. The molecule has 0 spiro atoms. The molecule has 19 heavy (non-hydrogen) atoms. The van der Waals surface area contributed by atoms with Gasteiger partial charge in [0.2, 0.25) is 0 Å². The quantitative estimate of drug-likeness (QED) is 0.457. The van der Waals surface area contributed by atoms with Crippen molar-refractivity contribution < 1.29 is 0 Å². The average molecular weight is 272 g/mol. The number of aromatic amines is 1. The Labute approximate surface area is 117 Å². The van der Waals surface area contributed by atoms with Crippen LogP contribution in [0.2, 0.25) is 0 Å². The second-order valence-corrected chi connectivity index (χ2v) is 4.62. The maximum atomic E-state index is 5.18. The molecule has 2 aromatic rings. The van der Waals surface area contributed by atoms with E-state index < -0.39 is 0 Å². The van der Waals surface area contributed by atoms with Crippen LogP contribution in [0.3, 0.4) is 0 Å². The van der Waals surface area contributed by atoms with E-state index in [1.807, 2.05) is 56.4 Å². The highest BCUT2D eigenvalue weighted by Crippen LogP contribution is 2.08. The average Bonchev–Trinajstić information content (AvgIpc) is 2.93. The van der Waals surface area contributed by atoms with E-state index in [2.05, 4.69) is 20.8 Å². The highest BCUT2D eigenvalue weighted by molar-refractivity contribution is 7.80. The van der Waals surface area contributed by atoms with Crippen LogP contribution in [0.25, 0.3) is 0 Å². The molecule has 0 aliphatic rings. The SMILES string of the molecule is C/C(=N\NC(=S)Nc1ccc(C)cc1)c1ccc[nH]1. The van der Waals surface area contributed by atoms with Crippen molar-refractivity contribution in [2.24, 2.45) is 5.10 Å². The molecular formula is C14H16N4S. The monoisotopic (exact) mass is 272 g/mol. The number of anilines is 1. The van der Waals surface area contributed by atoms with E-state index in [1.54, 1.807) is 0 Å². The Balaban J connectivity index is 1.91. The lowest BCUT2D eigenvalue weighted by molar-refractivity contribution is 1.03. The Kier molecular flexibility index (Phi) is 4.30. The number of benzene rings is 1. The highest BCUT2D eigenvalue weighted by atomic mass is 32.1. The van der Waals surface area contributed by atoms with Crippen molar-refractivity contribution in [1.29, 1.82) is 0 Å². The first kappa shape index (κ1) is 13.3. The van der Waals surface area contributed by atoms with E-state index in [1.165, 1.54) is 5.56 Å². The predicted molar refractivity (Wildman–Crippen MR) is 83.5 cm³/mol. The molecule has 1 heterocycles. The van der Waals surface area contributed by atoms with E-state index >= 15 is 0 Å². The smallest absolute Gasteiger partial charge is 0.191 e. The van der Waals surface area contributed by atoms with Gasteiger partial charge < -0.3 is 10.3 Å². The van der Waals surface area contributed by atoms with Crippen molar-refractivity contribution >= 4 is 28.7 Å². The van der Waals surface area contributed by atoms with Crippen molar-refractivity contribution in [3.63, 3.8) is 0 Å². The summed E-state index contributed by atoms with van der Waals surface area (Å²) in [6.45, 7) is 3.96. The van der Waals surface area contributed by atoms with Gasteiger partial charge in [-0.1, -0.05) is 17.7 Å². The van der Waals surface area contributed by atoms with E-state index in [-0.39, 0.29) is 0 Å². The van der Waals surface area contributed by atoms with Crippen LogP contribution in [0.15, 0.2) is 47.7 Å². The summed E-state index contributed by atoms with van der Waals surface area (Å²) in [7, 11) is 0. The minimum Gasteiger partial charge on any atom is -0.360 e. The van der Waals surface area contributed by atoms with Crippen LogP contribution in [0, 0.1) is 6.92 Å². The fourth-order valence-electron chi connectivity index (χ4n) is 1.55. The molecule has 1 aromatic carbocycles. The summed E-state index contributed by atoms with van der Waals surface area (Å²) < 4.78 is 0. The van der Waals surface area contributed by atoms with Gasteiger partial charge in [0.05, 0.1) is 11.4 Å². The van der Waals surface area contributed by atoms with Crippen LogP contribution in [0.1, 0.15) is 18.2 Å². The molecular weight excluding hydrogens is 256 g/mol. The lowest BCUT2D eigenvalue weighted by Crippen LogP contribution is -2.25. The van der Waals surface area contributed by atoms with Crippen LogP contribution < -0.4 is 10.7 Å². The van der Waals surface area contributed by atoms with Crippen LogP contribution in [-0.4, -0.2) is 15.8 Å². The molecule has 98 valence electrons. The van der Waals surface area contributed by atoms with Gasteiger partial charge in [0.25, 0.3) is 0 Å². The van der Waals surface area contributed by atoms with Crippen molar-refractivity contribution in [3.05, 3.63) is 53.9 Å². The third kappa shape index (κ3) is 3.93. The number of hydrogen-bond donors (Lipinski definition) is 3. The molecule has 0 radical (unpaired) electrons. The van der Waals surface area contributed by atoms with Crippen molar-refractivity contribution in [2.45, 2.75) is 13.8 Å². The number of nitrogens with one attached hydrogen (secondary N) is 3. The summed E-state index contributed by atoms with van der Waals surface area (Å²) in [4.78, 5) is 3.08. The molecule has 2 rings (SSSR count). The minimum atomic E-state index is 0.467. The number of hydrazone groups is 1. The fraction of sp³-hybridized carbons (Fsp3) is 0.143. The highest BCUT2D eigenvalue weighted by Gasteiger charge is 1.99. The zero-order valence-corrected chi connectivity index (χ0v) is 11.7. The maximum absolute atomic E-state index is 5.18. The minimum absolute atomic E-state index is 0.467. The third-order valence-corrected chi connectivity index (χ3v) is 2.82. The Hall–Kier alpha value is -2.14. The molecule has 0 bridgehead atoms. The number of thiocarbonyl (C=S) groups is 1. The first-order valence-electron chi connectivity index (χ1n) is 5.97. The molecule has 1 aromatic heterocycles. The molecule has 0 fully saturated rings. The molecule has 0 saturated carbocycles. The van der Waals surface area contributed by atoms with E-state index in [0.717, 1.165) is 17.1 Å². The largest absolute Gasteiger partial charge is 0.360 e. The number of H-pyrrole nitrogens is 1. The van der Waals surface area contributed by atoms with Gasteiger partial charge >= 0.3 is 0 Å². The number of hydrogen-bond acceptors (Lipinski definition) is 2. The van der Waals surface area contributed by atoms with E-state index in [0.29, 0.717) is 5.11 Å². The summed E-state index contributed by atoms with van der Waals surface area (Å²) in [6, 6.07) is 11.9. The van der Waals surface area contributed by atoms with Gasteiger partial charge in [-0.15, -0.1) is 0 Å². The Morgan fingerprint density at radius 2 is 1.95 bits per heavy atom. The molecule has 0 aliphatic heterocycles. The molecule has 3 N–H and O–H groups in total. The Bertz CT molecular complexity index is 570. The molecule has 0 atom stereocenters. The normalized spacial score (nSPS) is 11.2. The lowest BCUT2D eigenvalue weighted by atomic mass is 10.2. The number of aromatic nitrogens is 1. The molecule has 5 heteroatoms. The summed E-state index contributed by atoms with van der Waals surface area (Å²) in [6.07, 6.45) is 1.86. The van der Waals surface area contributed by atoms with Gasteiger partial charge in [-0.3, -0.25) is 5.43 Å². The van der Waals surface area contributed by atoms with Crippen molar-refractivity contribution in [1.82, 2.24) is 10.4 Å². The number of rotatable bonds is 3. The number of nitrogens with zero attached hydrogens (tertiary/aromatic N) is 1. The van der Waals surface area contributed by atoms with Crippen molar-refractivity contribution in [3.8, 4) is 0 Å². The first-order valence-corrected chi connectivity index (χ1v) is 6.37. The van der Waals surface area contributed by atoms with Crippen LogP contribution in [-0.2, 0) is 0 Å². The second-order valence-electron chi connectivity index (χ2n) is 4.21. The van der Waals surface area contributed by atoms with E-state index in [9.17, 15) is 0 Å². The van der Waals surface area contributed by atoms with Gasteiger partial charge in [-0.25, -0.2) is 0 Å². The molecule has 4 nitrogen and oxygen atoms in total. The van der Waals surface area contributed by atoms with Crippen molar-refractivity contribution in [2.75, 3.05) is 5.32 Å². The van der Waals surface area contributed by atoms with E-state index in [4.69, 9.17) is 12.2 Å². The van der Waals surface area contributed by atoms with Crippen LogP contribution in [0.4, 0.5) is 5.69 Å². The standard InChI is InChI=1S/C14H16N4S/c1-10-5-7-12(8-6-10)16-14(19)18-17-11(2)13-4-3-9-15-13/h3-9,15H,1-2H3,(H2,16,18,19)/b17-11+. The van der Waals surface area contributed by atoms with Gasteiger partial charge in [0.1, 0.15) is 0 Å². The van der Waals surface area contributed by atoms with Gasteiger partial charge in [-0.05, 0) is 50.3 Å². The molecule has 0 aliphatic carbocycles. The molecule has 0 saturated heterocycles. The van der Waals surface area contributed by atoms with Gasteiger partial charge in [0.15, 0.2) is 5.11 Å². The predicted octanol–water partition coefficient (Wildman–Crippen LogP) is 3.03. The van der Waals surface area contributed by atoms with Gasteiger partial charge in [-0.2, -0.15) is 5.10 Å². The fourth-order valence-corrected chi connectivity index (χ4v) is 1.71. The summed E-state index contributed by atoms with van der Waals surface area (Å²) in [5, 5.41) is 7.75. The lowest BCUT2D eigenvalue weighted by Gasteiger charge is -2.07. The summed E-state index contributed by atoms with van der Waals surface area (Å²) in [5.41, 5.74) is 6.78. The maximum Gasteiger partial charge on any atom is 0.191 e. The van der Waals surface area contributed by atoms with Crippen LogP contribution in [0.5, 0.6) is 0 Å². The second kappa shape index (κ2) is 6.15. The Morgan fingerprint density at radius 1 is 1.21 bits per heavy atom. The van der Waals surface area contributed by atoms with Crippen LogP contribution >= 0.6 is 12.2 Å². The molecule has 0 unspecified atom stereocenters. The zero-order valence-electron chi connectivity index (χ0n) is 10.9. The third-order valence-electron chi connectivity index (χ3n) is 2.62. The zero-order chi connectivity index (χ0) is 13.7.